The Kier molecular flexibility index (Phi) is 4.67. The van der Waals surface area contributed by atoms with Gasteiger partial charge in [-0.05, 0) is 25.1 Å². The summed E-state index contributed by atoms with van der Waals surface area (Å²) < 4.78 is 17.9. The van der Waals surface area contributed by atoms with Crippen molar-refractivity contribution in [2.24, 2.45) is 4.99 Å². The van der Waals surface area contributed by atoms with Crippen molar-refractivity contribution in [3.05, 3.63) is 40.4 Å². The number of aliphatic imine (C=N–C) groups is 1. The molecule has 1 aromatic rings. The Morgan fingerprint density at radius 1 is 1.60 bits per heavy atom. The van der Waals surface area contributed by atoms with Crippen LogP contribution in [0, 0.1) is 5.82 Å². The second kappa shape index (κ2) is 6.28. The summed E-state index contributed by atoms with van der Waals surface area (Å²) in [6.45, 7) is 1.88. The van der Waals surface area contributed by atoms with Crippen LogP contribution in [0.5, 0.6) is 0 Å². The molecule has 0 saturated heterocycles. The Morgan fingerprint density at radius 2 is 2.35 bits per heavy atom. The zero-order valence-corrected chi connectivity index (χ0v) is 12.1. The highest BCUT2D eigenvalue weighted by atomic mass is 35.5. The Labute approximate surface area is 124 Å². The van der Waals surface area contributed by atoms with Gasteiger partial charge < -0.3 is 9.84 Å². The predicted molar refractivity (Wildman–Crippen MR) is 77.3 cm³/mol. The van der Waals surface area contributed by atoms with Crippen molar-refractivity contribution in [1.29, 1.82) is 0 Å². The van der Waals surface area contributed by atoms with Gasteiger partial charge in [0, 0.05) is 0 Å². The molecule has 1 heterocycles. The van der Waals surface area contributed by atoms with Crippen LogP contribution in [0.4, 0.5) is 10.1 Å². The maximum atomic E-state index is 13.1. The normalized spacial score (nSPS) is 16.9. The molecule has 1 aromatic carbocycles. The average molecular weight is 316 g/mol. The van der Waals surface area contributed by atoms with E-state index in [1.165, 1.54) is 30.0 Å². The first-order valence-electron chi connectivity index (χ1n) is 5.79. The topological polar surface area (TPSA) is 58.9 Å². The minimum Gasteiger partial charge on any atom is -0.510 e. The fraction of sp³-hybridized carbons (Fsp3) is 0.231. The minimum atomic E-state index is -0.623. The highest BCUT2D eigenvalue weighted by molar-refractivity contribution is 8.15. The van der Waals surface area contributed by atoms with Gasteiger partial charge in [0.2, 0.25) is 0 Å². The number of ether oxygens (including phenoxy) is 1. The minimum absolute atomic E-state index is 0.0531. The molecule has 4 nitrogen and oxygen atoms in total. The SMILES string of the molecule is CCOC(=O)C1=C(O)CSC1=Nc1ccc(F)c(Cl)c1. The molecule has 0 amide bonds. The average Bonchev–Trinajstić information content (AvgIpc) is 2.75. The highest BCUT2D eigenvalue weighted by Gasteiger charge is 2.29. The predicted octanol–water partition coefficient (Wildman–Crippen LogP) is 3.63. The van der Waals surface area contributed by atoms with Gasteiger partial charge in [0.05, 0.1) is 23.1 Å². The van der Waals surface area contributed by atoms with E-state index < -0.39 is 11.8 Å². The summed E-state index contributed by atoms with van der Waals surface area (Å²) in [6.07, 6.45) is 0. The summed E-state index contributed by atoms with van der Waals surface area (Å²) in [4.78, 5) is 16.0. The first kappa shape index (κ1) is 14.9. The summed E-state index contributed by atoms with van der Waals surface area (Å²) in [7, 11) is 0. The molecule has 20 heavy (non-hydrogen) atoms. The van der Waals surface area contributed by atoms with E-state index in [4.69, 9.17) is 16.3 Å². The van der Waals surface area contributed by atoms with E-state index in [1.54, 1.807) is 6.92 Å². The van der Waals surface area contributed by atoms with Crippen LogP contribution in [-0.4, -0.2) is 28.5 Å². The van der Waals surface area contributed by atoms with Gasteiger partial charge >= 0.3 is 5.97 Å². The summed E-state index contributed by atoms with van der Waals surface area (Å²) in [5.41, 5.74) is 0.452. The van der Waals surface area contributed by atoms with Crippen LogP contribution in [-0.2, 0) is 9.53 Å². The smallest absolute Gasteiger partial charge is 0.344 e. The highest BCUT2D eigenvalue weighted by Crippen LogP contribution is 2.31. The number of esters is 1. The molecular formula is C13H11ClFNO3S. The molecule has 2 rings (SSSR count). The van der Waals surface area contributed by atoms with Gasteiger partial charge in [0.1, 0.15) is 22.2 Å². The van der Waals surface area contributed by atoms with Crippen molar-refractivity contribution < 1.29 is 19.0 Å². The Hall–Kier alpha value is -1.53. The van der Waals surface area contributed by atoms with E-state index >= 15 is 0 Å². The monoisotopic (exact) mass is 315 g/mol. The second-order valence-corrected chi connectivity index (χ2v) is 5.22. The molecule has 0 atom stereocenters. The first-order chi connectivity index (χ1) is 9.52. The van der Waals surface area contributed by atoms with Gasteiger partial charge in [-0.15, -0.1) is 0 Å². The van der Waals surface area contributed by atoms with Gasteiger partial charge in [0.15, 0.2) is 0 Å². The zero-order chi connectivity index (χ0) is 14.7. The van der Waals surface area contributed by atoms with Crippen LogP contribution >= 0.6 is 23.4 Å². The van der Waals surface area contributed by atoms with Gasteiger partial charge in [-0.3, -0.25) is 0 Å². The molecule has 106 valence electrons. The summed E-state index contributed by atoms with van der Waals surface area (Å²) in [5, 5.41) is 10.0. The van der Waals surface area contributed by atoms with Crippen LogP contribution in [0.2, 0.25) is 5.02 Å². The number of nitrogens with zero attached hydrogens (tertiary/aromatic N) is 1. The lowest BCUT2D eigenvalue weighted by Crippen LogP contribution is -2.12. The molecule has 0 saturated carbocycles. The number of carbonyl (C=O) groups excluding carboxylic acids is 1. The summed E-state index contributed by atoms with van der Waals surface area (Å²) in [6, 6.07) is 3.98. The van der Waals surface area contributed by atoms with Crippen molar-refractivity contribution in [3.8, 4) is 0 Å². The van der Waals surface area contributed by atoms with Gasteiger partial charge in [-0.2, -0.15) is 0 Å². The fourth-order valence-corrected chi connectivity index (χ4v) is 2.68. The fourth-order valence-electron chi connectivity index (χ4n) is 1.57. The molecule has 0 spiro atoms. The van der Waals surface area contributed by atoms with E-state index in [0.717, 1.165) is 0 Å². The lowest BCUT2D eigenvalue weighted by atomic mass is 10.2. The molecule has 0 radical (unpaired) electrons. The number of rotatable bonds is 3. The number of aliphatic hydroxyl groups excluding tert-OH is 1. The van der Waals surface area contributed by atoms with Crippen LogP contribution in [0.25, 0.3) is 0 Å². The maximum absolute atomic E-state index is 13.1. The van der Waals surface area contributed by atoms with Crippen molar-refractivity contribution in [2.45, 2.75) is 6.92 Å². The van der Waals surface area contributed by atoms with Crippen LogP contribution in [0.1, 0.15) is 6.92 Å². The van der Waals surface area contributed by atoms with Crippen LogP contribution in [0.3, 0.4) is 0 Å². The molecule has 0 fully saturated rings. The lowest BCUT2D eigenvalue weighted by molar-refractivity contribution is -0.138. The quantitative estimate of drug-likeness (QED) is 0.865. The molecule has 0 aromatic heterocycles. The Balaban J connectivity index is 2.33. The number of hydrogen-bond acceptors (Lipinski definition) is 5. The van der Waals surface area contributed by atoms with Crippen LogP contribution in [0.15, 0.2) is 34.5 Å². The first-order valence-corrected chi connectivity index (χ1v) is 7.15. The van der Waals surface area contributed by atoms with Crippen molar-refractivity contribution in [2.75, 3.05) is 12.4 Å². The number of halogens is 2. The van der Waals surface area contributed by atoms with E-state index in [2.05, 4.69) is 4.99 Å². The third kappa shape index (κ3) is 3.13. The van der Waals surface area contributed by atoms with Gasteiger partial charge in [-0.25, -0.2) is 14.2 Å². The van der Waals surface area contributed by atoms with E-state index in [0.29, 0.717) is 10.7 Å². The molecule has 0 aliphatic carbocycles. The number of aliphatic hydroxyl groups is 1. The second-order valence-electron chi connectivity index (χ2n) is 3.85. The molecule has 1 aliphatic rings. The van der Waals surface area contributed by atoms with E-state index in [-0.39, 0.29) is 28.7 Å². The zero-order valence-electron chi connectivity index (χ0n) is 10.5. The number of hydrogen-bond donors (Lipinski definition) is 1. The maximum Gasteiger partial charge on any atom is 0.344 e. The molecule has 1 aliphatic heterocycles. The Bertz CT molecular complexity index is 616. The van der Waals surface area contributed by atoms with E-state index in [1.807, 2.05) is 0 Å². The standard InChI is InChI=1S/C13H11ClFNO3S/c1-2-19-13(18)11-10(17)6-20-12(11)16-7-3-4-9(15)8(14)5-7/h3-5,17H,2,6H2,1H3. The van der Waals surface area contributed by atoms with Crippen molar-refractivity contribution in [1.82, 2.24) is 0 Å². The number of carbonyl (C=O) groups is 1. The number of benzene rings is 1. The summed E-state index contributed by atoms with van der Waals surface area (Å²) >= 11 is 6.88. The van der Waals surface area contributed by atoms with Gasteiger partial charge in [0.25, 0.3) is 0 Å². The lowest BCUT2D eigenvalue weighted by Gasteiger charge is -2.04. The number of thioether (sulfide) groups is 1. The Morgan fingerprint density at radius 3 is 3.00 bits per heavy atom. The largest absolute Gasteiger partial charge is 0.510 e. The molecular weight excluding hydrogens is 305 g/mol. The van der Waals surface area contributed by atoms with E-state index in [9.17, 15) is 14.3 Å². The van der Waals surface area contributed by atoms with Crippen LogP contribution < -0.4 is 0 Å². The van der Waals surface area contributed by atoms with Gasteiger partial charge in [-0.1, -0.05) is 23.4 Å². The van der Waals surface area contributed by atoms with Crippen molar-refractivity contribution >= 4 is 40.1 Å². The molecule has 0 bridgehead atoms. The molecule has 0 unspecified atom stereocenters. The molecule has 7 heteroatoms. The van der Waals surface area contributed by atoms with Crippen molar-refractivity contribution in [3.63, 3.8) is 0 Å². The third-order valence-electron chi connectivity index (χ3n) is 2.46. The summed E-state index contributed by atoms with van der Waals surface area (Å²) in [5.74, 6) is -0.983. The third-order valence-corrected chi connectivity index (χ3v) is 3.74. The molecule has 1 N–H and O–H groups in total.